The van der Waals surface area contributed by atoms with Gasteiger partial charge in [0.15, 0.2) is 6.10 Å². The highest BCUT2D eigenvalue weighted by molar-refractivity contribution is 5.71. The molecule has 0 spiro atoms. The number of carbonyl (C=O) groups excluding carboxylic acids is 3. The van der Waals surface area contributed by atoms with E-state index in [1.807, 2.05) is 0 Å². The first-order chi connectivity index (χ1) is 31.5. The molecule has 64 heavy (non-hydrogen) atoms. The van der Waals surface area contributed by atoms with Crippen LogP contribution >= 0.6 is 0 Å². The van der Waals surface area contributed by atoms with Gasteiger partial charge in [-0.2, -0.15) is 0 Å². The highest BCUT2D eigenvalue weighted by Crippen LogP contribution is 2.15. The second kappa shape index (κ2) is 52.5. The van der Waals surface area contributed by atoms with E-state index in [1.54, 1.807) is 0 Å². The number of hydrogen-bond donors (Lipinski definition) is 0. The fourth-order valence-corrected chi connectivity index (χ4v) is 7.40. The third-order valence-corrected chi connectivity index (χ3v) is 11.4. The maximum Gasteiger partial charge on any atom is 0.306 e. The molecular formula is C58H100O6. The van der Waals surface area contributed by atoms with Gasteiger partial charge in [-0.1, -0.05) is 222 Å². The van der Waals surface area contributed by atoms with E-state index in [9.17, 15) is 14.4 Å². The Morgan fingerprint density at radius 3 is 0.969 bits per heavy atom. The summed E-state index contributed by atoms with van der Waals surface area (Å²) in [6.07, 6.45) is 65.9. The van der Waals surface area contributed by atoms with Gasteiger partial charge >= 0.3 is 17.9 Å². The molecule has 0 aliphatic rings. The van der Waals surface area contributed by atoms with E-state index in [2.05, 4.69) is 93.7 Å². The van der Waals surface area contributed by atoms with E-state index in [-0.39, 0.29) is 31.1 Å². The lowest BCUT2D eigenvalue weighted by molar-refractivity contribution is -0.167. The van der Waals surface area contributed by atoms with Crippen molar-refractivity contribution in [1.29, 1.82) is 0 Å². The van der Waals surface area contributed by atoms with Crippen LogP contribution in [0.25, 0.3) is 0 Å². The zero-order valence-electron chi connectivity index (χ0n) is 42.0. The summed E-state index contributed by atoms with van der Waals surface area (Å²) < 4.78 is 16.8. The maximum atomic E-state index is 12.8. The van der Waals surface area contributed by atoms with Crippen molar-refractivity contribution in [2.75, 3.05) is 13.2 Å². The number of esters is 3. The first-order valence-electron chi connectivity index (χ1n) is 26.9. The molecule has 6 nitrogen and oxygen atoms in total. The molecular weight excluding hydrogens is 793 g/mol. The van der Waals surface area contributed by atoms with Crippen LogP contribution in [0.5, 0.6) is 0 Å². The van der Waals surface area contributed by atoms with Crippen LogP contribution in [0.3, 0.4) is 0 Å². The quantitative estimate of drug-likeness (QED) is 0.0262. The Morgan fingerprint density at radius 1 is 0.328 bits per heavy atom. The van der Waals surface area contributed by atoms with Crippen molar-refractivity contribution in [3.05, 3.63) is 72.9 Å². The lowest BCUT2D eigenvalue weighted by Gasteiger charge is -2.18. The van der Waals surface area contributed by atoms with E-state index in [0.717, 1.165) is 122 Å². The summed E-state index contributed by atoms with van der Waals surface area (Å²) in [7, 11) is 0. The summed E-state index contributed by atoms with van der Waals surface area (Å²) in [5.41, 5.74) is 0. The second-order valence-corrected chi connectivity index (χ2v) is 17.8. The molecule has 6 heteroatoms. The van der Waals surface area contributed by atoms with Crippen molar-refractivity contribution in [3.63, 3.8) is 0 Å². The van der Waals surface area contributed by atoms with Gasteiger partial charge in [-0.05, 0) is 89.9 Å². The number of carbonyl (C=O) groups is 3. The number of hydrogen-bond acceptors (Lipinski definition) is 6. The van der Waals surface area contributed by atoms with Gasteiger partial charge in [-0.25, -0.2) is 0 Å². The lowest BCUT2D eigenvalue weighted by Crippen LogP contribution is -2.30. The molecule has 0 amide bonds. The van der Waals surface area contributed by atoms with Crippen molar-refractivity contribution in [2.24, 2.45) is 0 Å². The Labute approximate surface area is 395 Å². The van der Waals surface area contributed by atoms with Gasteiger partial charge in [-0.15, -0.1) is 0 Å². The van der Waals surface area contributed by atoms with E-state index in [4.69, 9.17) is 14.2 Å². The smallest absolute Gasteiger partial charge is 0.306 e. The van der Waals surface area contributed by atoms with E-state index in [0.29, 0.717) is 19.3 Å². The van der Waals surface area contributed by atoms with Crippen LogP contribution < -0.4 is 0 Å². The van der Waals surface area contributed by atoms with Crippen molar-refractivity contribution < 1.29 is 28.6 Å². The molecule has 0 N–H and O–H groups in total. The zero-order chi connectivity index (χ0) is 46.5. The van der Waals surface area contributed by atoms with Crippen LogP contribution in [0.2, 0.25) is 0 Å². The molecule has 0 aliphatic heterocycles. The van der Waals surface area contributed by atoms with Gasteiger partial charge in [0.05, 0.1) is 0 Å². The van der Waals surface area contributed by atoms with Crippen molar-refractivity contribution in [2.45, 2.75) is 264 Å². The summed E-state index contributed by atoms with van der Waals surface area (Å²) in [6, 6.07) is 0. The van der Waals surface area contributed by atoms with Crippen molar-refractivity contribution in [3.8, 4) is 0 Å². The molecule has 0 aromatic heterocycles. The average Bonchev–Trinajstić information content (AvgIpc) is 3.29. The van der Waals surface area contributed by atoms with Crippen LogP contribution in [-0.2, 0) is 28.6 Å². The van der Waals surface area contributed by atoms with Crippen molar-refractivity contribution in [1.82, 2.24) is 0 Å². The van der Waals surface area contributed by atoms with Crippen LogP contribution in [0.15, 0.2) is 72.9 Å². The van der Waals surface area contributed by atoms with Gasteiger partial charge in [-0.3, -0.25) is 14.4 Å². The minimum Gasteiger partial charge on any atom is -0.462 e. The van der Waals surface area contributed by atoms with Gasteiger partial charge in [0.1, 0.15) is 13.2 Å². The molecule has 1 atom stereocenters. The summed E-state index contributed by atoms with van der Waals surface area (Å²) >= 11 is 0. The number of unbranched alkanes of at least 4 members (excludes halogenated alkanes) is 25. The first kappa shape index (κ1) is 60.9. The molecule has 0 saturated carbocycles. The first-order valence-corrected chi connectivity index (χ1v) is 26.9. The molecule has 0 aromatic carbocycles. The molecule has 1 unspecified atom stereocenters. The molecule has 0 bridgehead atoms. The van der Waals surface area contributed by atoms with E-state index >= 15 is 0 Å². The van der Waals surface area contributed by atoms with Gasteiger partial charge in [0.2, 0.25) is 0 Å². The largest absolute Gasteiger partial charge is 0.462 e. The fourth-order valence-electron chi connectivity index (χ4n) is 7.40. The Hall–Kier alpha value is -3.15. The summed E-state index contributed by atoms with van der Waals surface area (Å²) in [5, 5.41) is 0. The lowest BCUT2D eigenvalue weighted by atomic mass is 10.0. The number of ether oxygens (including phenoxy) is 3. The number of rotatable bonds is 48. The Bertz CT molecular complexity index is 1210. The molecule has 0 fully saturated rings. The van der Waals surface area contributed by atoms with Crippen LogP contribution in [0.4, 0.5) is 0 Å². The molecule has 0 rings (SSSR count). The SMILES string of the molecule is CC/C=C\C/C=C\C/C=C\C/C=C\CCCCCCC(=O)OCC(COC(=O)CCCCCCCCCCCCCCC)OC(=O)CCCCCCC/C=C\C/C=C\CCCCCC. The van der Waals surface area contributed by atoms with Gasteiger partial charge in [0, 0.05) is 19.3 Å². The molecule has 0 heterocycles. The monoisotopic (exact) mass is 893 g/mol. The third kappa shape index (κ3) is 49.9. The minimum atomic E-state index is -0.791. The fraction of sp³-hybridized carbons (Fsp3) is 0.741. The number of allylic oxidation sites excluding steroid dienone is 12. The molecule has 368 valence electrons. The highest BCUT2D eigenvalue weighted by atomic mass is 16.6. The standard InChI is InChI=1S/C58H100O6/c1-4-7-10-13-16-19-22-25-27-29-31-33-36-39-42-45-48-51-57(60)63-54-55(53-62-56(59)50-47-44-41-38-35-32-24-21-18-15-12-9-6-3)64-58(61)52-49-46-43-40-37-34-30-28-26-23-20-17-14-11-8-5-2/h7,10,16,19-20,23,25,27-28,30-31,33,55H,4-6,8-9,11-15,17-18,21-22,24,26,29,32,34-54H2,1-3H3/b10-7-,19-16-,23-20-,27-25-,30-28-,33-31-. The molecule has 0 saturated heterocycles. The van der Waals surface area contributed by atoms with Crippen molar-refractivity contribution >= 4 is 17.9 Å². The van der Waals surface area contributed by atoms with E-state index < -0.39 is 6.10 Å². The van der Waals surface area contributed by atoms with Crippen LogP contribution in [0, 0.1) is 0 Å². The van der Waals surface area contributed by atoms with Crippen LogP contribution in [0.1, 0.15) is 258 Å². The highest BCUT2D eigenvalue weighted by Gasteiger charge is 2.19. The van der Waals surface area contributed by atoms with E-state index in [1.165, 1.54) is 96.3 Å². The van der Waals surface area contributed by atoms with Gasteiger partial charge < -0.3 is 14.2 Å². The Kier molecular flexibility index (Phi) is 49.9. The summed E-state index contributed by atoms with van der Waals surface area (Å²) in [4.78, 5) is 38.0. The molecule has 0 aliphatic carbocycles. The summed E-state index contributed by atoms with van der Waals surface area (Å²) in [6.45, 7) is 6.48. The zero-order valence-corrected chi connectivity index (χ0v) is 42.0. The topological polar surface area (TPSA) is 78.9 Å². The molecule has 0 aromatic rings. The Balaban J connectivity index is 4.44. The van der Waals surface area contributed by atoms with Gasteiger partial charge in [0.25, 0.3) is 0 Å². The Morgan fingerprint density at radius 2 is 0.609 bits per heavy atom. The second-order valence-electron chi connectivity index (χ2n) is 17.8. The predicted octanol–water partition coefficient (Wildman–Crippen LogP) is 17.8. The average molecular weight is 893 g/mol. The normalized spacial score (nSPS) is 12.6. The third-order valence-electron chi connectivity index (χ3n) is 11.4. The summed E-state index contributed by atoms with van der Waals surface area (Å²) in [5.74, 6) is -0.921. The maximum absolute atomic E-state index is 12.8. The minimum absolute atomic E-state index is 0.0874. The van der Waals surface area contributed by atoms with Crippen LogP contribution in [-0.4, -0.2) is 37.2 Å². The predicted molar refractivity (Wildman–Crippen MR) is 274 cm³/mol. The molecule has 0 radical (unpaired) electrons.